The molecule has 0 unspecified atom stereocenters. The van der Waals surface area contributed by atoms with E-state index in [-0.39, 0.29) is 0 Å². The number of fused-ring (bicyclic) bond motifs is 1. The second kappa shape index (κ2) is 11.2. The minimum atomic E-state index is 0.557. The molecule has 0 N–H and O–H groups in total. The van der Waals surface area contributed by atoms with Gasteiger partial charge in [-0.15, -0.1) is 0 Å². The number of ether oxygens (including phenoxy) is 2. The van der Waals surface area contributed by atoms with E-state index in [1.54, 1.807) is 7.11 Å². The molecule has 5 rings (SSSR count). The summed E-state index contributed by atoms with van der Waals surface area (Å²) in [6, 6.07) is 34.2. The second-order valence-electron chi connectivity index (χ2n) is 9.00. The molecule has 0 amide bonds. The summed E-state index contributed by atoms with van der Waals surface area (Å²) in [7, 11) is 1.70. The minimum Gasteiger partial charge on any atom is -0.497 e. The van der Waals surface area contributed by atoms with Crippen LogP contribution in [-0.4, -0.2) is 16.1 Å². The Morgan fingerprint density at radius 1 is 0.750 bits per heavy atom. The van der Waals surface area contributed by atoms with E-state index in [1.165, 1.54) is 38.9 Å². The van der Waals surface area contributed by atoms with Gasteiger partial charge in [0.25, 0.3) is 0 Å². The van der Waals surface area contributed by atoms with Gasteiger partial charge in [-0.25, -0.2) is 0 Å². The summed E-state index contributed by atoms with van der Waals surface area (Å²) >= 11 is 2.43. The highest BCUT2D eigenvalue weighted by Crippen LogP contribution is 2.36. The van der Waals surface area contributed by atoms with E-state index in [2.05, 4.69) is 101 Å². The number of hydrogen-bond donors (Lipinski definition) is 0. The molecule has 0 radical (unpaired) electrons. The van der Waals surface area contributed by atoms with Gasteiger partial charge in [0, 0.05) is 21.9 Å². The fourth-order valence-corrected chi connectivity index (χ4v) is 5.34. The van der Waals surface area contributed by atoms with E-state index in [1.807, 2.05) is 30.3 Å². The van der Waals surface area contributed by atoms with Gasteiger partial charge < -0.3 is 14.0 Å². The van der Waals surface area contributed by atoms with E-state index in [0.717, 1.165) is 34.5 Å². The van der Waals surface area contributed by atoms with Crippen molar-refractivity contribution >= 4 is 33.5 Å². The van der Waals surface area contributed by atoms with Crippen LogP contribution in [0.25, 0.3) is 22.2 Å². The molecular weight excluding hydrogens is 557 g/mol. The predicted octanol–water partition coefficient (Wildman–Crippen LogP) is 8.23. The molecule has 1 aromatic heterocycles. The highest BCUT2D eigenvalue weighted by atomic mass is 127. The van der Waals surface area contributed by atoms with Crippen LogP contribution in [0.1, 0.15) is 22.3 Å². The van der Waals surface area contributed by atoms with E-state index in [0.29, 0.717) is 6.61 Å². The number of aromatic nitrogens is 1. The molecule has 3 nitrogen and oxygen atoms in total. The summed E-state index contributed by atoms with van der Waals surface area (Å²) in [5.41, 5.74) is 8.71. The number of halogens is 1. The van der Waals surface area contributed by atoms with Crippen molar-refractivity contribution in [2.45, 2.75) is 26.5 Å². The minimum absolute atomic E-state index is 0.557. The lowest BCUT2D eigenvalue weighted by Gasteiger charge is -2.13. The van der Waals surface area contributed by atoms with Gasteiger partial charge in [-0.2, -0.15) is 0 Å². The van der Waals surface area contributed by atoms with Crippen LogP contribution in [0.15, 0.2) is 97.1 Å². The monoisotopic (exact) mass is 587 g/mol. The van der Waals surface area contributed by atoms with Gasteiger partial charge in [0.2, 0.25) is 0 Å². The van der Waals surface area contributed by atoms with E-state index in [4.69, 9.17) is 9.47 Å². The van der Waals surface area contributed by atoms with E-state index in [9.17, 15) is 0 Å². The van der Waals surface area contributed by atoms with Crippen LogP contribution >= 0.6 is 22.6 Å². The maximum atomic E-state index is 6.17. The van der Waals surface area contributed by atoms with Crippen molar-refractivity contribution in [3.05, 3.63) is 119 Å². The lowest BCUT2D eigenvalue weighted by Crippen LogP contribution is -2.03. The first-order chi connectivity index (χ1) is 17.7. The summed E-state index contributed by atoms with van der Waals surface area (Å²) in [5.74, 6) is 1.75. The van der Waals surface area contributed by atoms with Crippen LogP contribution in [0.4, 0.5) is 0 Å². The van der Waals surface area contributed by atoms with Crippen molar-refractivity contribution in [1.82, 2.24) is 4.57 Å². The van der Waals surface area contributed by atoms with Crippen molar-refractivity contribution in [3.8, 4) is 22.8 Å². The van der Waals surface area contributed by atoms with Gasteiger partial charge in [0.15, 0.2) is 0 Å². The SMILES string of the molecule is COc1ccc(-c2c(C)c3cc(OCc4ccccc4)ccc3n2Cc2ccc(CCI)cc2)cc1. The van der Waals surface area contributed by atoms with Gasteiger partial charge in [0.05, 0.1) is 12.8 Å². The zero-order valence-corrected chi connectivity index (χ0v) is 22.9. The molecule has 4 aromatic carbocycles. The molecule has 0 saturated carbocycles. The number of aryl methyl sites for hydroxylation is 2. The predicted molar refractivity (Wildman–Crippen MR) is 158 cm³/mol. The van der Waals surface area contributed by atoms with Crippen LogP contribution in [0, 0.1) is 6.92 Å². The summed E-state index contributed by atoms with van der Waals surface area (Å²) < 4.78 is 15.1. The molecule has 0 fully saturated rings. The third-order valence-electron chi connectivity index (χ3n) is 6.65. The Bertz CT molecular complexity index is 1440. The van der Waals surface area contributed by atoms with E-state index >= 15 is 0 Å². The highest BCUT2D eigenvalue weighted by molar-refractivity contribution is 14.1. The first-order valence-corrected chi connectivity index (χ1v) is 13.8. The summed E-state index contributed by atoms with van der Waals surface area (Å²) in [6.45, 7) is 3.57. The summed E-state index contributed by atoms with van der Waals surface area (Å²) in [4.78, 5) is 0. The summed E-state index contributed by atoms with van der Waals surface area (Å²) in [5, 5.41) is 1.22. The van der Waals surface area contributed by atoms with Crippen LogP contribution in [0.3, 0.4) is 0 Å². The normalized spacial score (nSPS) is 11.1. The number of nitrogens with zero attached hydrogens (tertiary/aromatic N) is 1. The molecule has 0 spiro atoms. The Balaban J connectivity index is 1.54. The first-order valence-electron chi connectivity index (χ1n) is 12.2. The largest absolute Gasteiger partial charge is 0.497 e. The van der Waals surface area contributed by atoms with Crippen molar-refractivity contribution < 1.29 is 9.47 Å². The molecule has 0 aliphatic carbocycles. The quantitative estimate of drug-likeness (QED) is 0.128. The molecule has 1 heterocycles. The Morgan fingerprint density at radius 3 is 2.14 bits per heavy atom. The number of methoxy groups -OCH3 is 1. The van der Waals surface area contributed by atoms with Gasteiger partial charge in [-0.3, -0.25) is 0 Å². The number of benzene rings is 4. The van der Waals surface area contributed by atoms with Crippen molar-refractivity contribution in [3.63, 3.8) is 0 Å². The van der Waals surface area contributed by atoms with Gasteiger partial charge >= 0.3 is 0 Å². The third-order valence-corrected chi connectivity index (χ3v) is 7.19. The molecule has 182 valence electrons. The fraction of sp³-hybridized carbons (Fsp3) is 0.188. The molecule has 4 heteroatoms. The van der Waals surface area contributed by atoms with Gasteiger partial charge in [-0.05, 0) is 83.6 Å². The molecule has 0 bridgehead atoms. The maximum absolute atomic E-state index is 6.17. The zero-order valence-electron chi connectivity index (χ0n) is 20.7. The number of hydrogen-bond acceptors (Lipinski definition) is 2. The Kier molecular flexibility index (Phi) is 7.61. The van der Waals surface area contributed by atoms with E-state index < -0.39 is 0 Å². The average molecular weight is 588 g/mol. The van der Waals surface area contributed by atoms with Crippen LogP contribution < -0.4 is 9.47 Å². The van der Waals surface area contributed by atoms with Crippen LogP contribution in [0.2, 0.25) is 0 Å². The topological polar surface area (TPSA) is 23.4 Å². The molecule has 0 saturated heterocycles. The molecule has 5 aromatic rings. The maximum Gasteiger partial charge on any atom is 0.120 e. The van der Waals surface area contributed by atoms with Crippen LogP contribution in [0.5, 0.6) is 11.5 Å². The average Bonchev–Trinajstić information content (AvgIpc) is 3.20. The Labute approximate surface area is 226 Å². The van der Waals surface area contributed by atoms with Gasteiger partial charge in [-0.1, -0.05) is 77.2 Å². The second-order valence-corrected chi connectivity index (χ2v) is 10.1. The highest BCUT2D eigenvalue weighted by Gasteiger charge is 2.17. The number of alkyl halides is 1. The van der Waals surface area contributed by atoms with Crippen molar-refractivity contribution in [2.75, 3.05) is 11.5 Å². The molecule has 0 aliphatic rings. The van der Waals surface area contributed by atoms with Crippen molar-refractivity contribution in [1.29, 1.82) is 0 Å². The van der Waals surface area contributed by atoms with Gasteiger partial charge in [0.1, 0.15) is 18.1 Å². The fourth-order valence-electron chi connectivity index (χ4n) is 4.72. The summed E-state index contributed by atoms with van der Waals surface area (Å²) in [6.07, 6.45) is 1.11. The smallest absolute Gasteiger partial charge is 0.120 e. The lowest BCUT2D eigenvalue weighted by atomic mass is 10.1. The number of rotatable bonds is 9. The zero-order chi connectivity index (χ0) is 24.9. The molecular formula is C32H30INO2. The first kappa shape index (κ1) is 24.4. The van der Waals surface area contributed by atoms with Crippen LogP contribution in [-0.2, 0) is 19.6 Å². The Morgan fingerprint density at radius 2 is 1.44 bits per heavy atom. The standard InChI is InChI=1S/C32H30INO2/c1-23-30-20-29(36-22-26-6-4-3-5-7-26)16-17-31(30)34(21-25-10-8-24(9-11-25)18-19-33)32(23)27-12-14-28(35-2)15-13-27/h3-17,20H,18-19,21-22H2,1-2H3. The third kappa shape index (κ3) is 5.29. The molecule has 36 heavy (non-hydrogen) atoms. The van der Waals surface area contributed by atoms with Crippen molar-refractivity contribution in [2.24, 2.45) is 0 Å². The molecule has 0 aliphatic heterocycles. The lowest BCUT2D eigenvalue weighted by molar-refractivity contribution is 0.306. The molecule has 0 atom stereocenters. The Hall–Kier alpha value is -3.25.